The summed E-state index contributed by atoms with van der Waals surface area (Å²) in [7, 11) is -2.96. The molecule has 0 atom stereocenters. The van der Waals surface area contributed by atoms with E-state index in [-0.39, 0.29) is 11.0 Å². The van der Waals surface area contributed by atoms with Gasteiger partial charge in [0.25, 0.3) is 7.37 Å². The molecule has 0 radical (unpaired) electrons. The van der Waals surface area contributed by atoms with Crippen molar-refractivity contribution in [3.63, 3.8) is 0 Å². The first-order chi connectivity index (χ1) is 12.8. The molecule has 0 aliphatic carbocycles. The zero-order chi connectivity index (χ0) is 21.6. The lowest BCUT2D eigenvalue weighted by molar-refractivity contribution is -0.120. The first-order valence-electron chi connectivity index (χ1n) is 9.55. The molecule has 1 aromatic carbocycles. The molecular formula is C21H34NO4PS. The van der Waals surface area contributed by atoms with Gasteiger partial charge < -0.3 is 9.84 Å². The number of amides is 1. The highest BCUT2D eigenvalue weighted by molar-refractivity contribution is 8.13. The lowest BCUT2D eigenvalue weighted by atomic mass is 10.1. The quantitative estimate of drug-likeness (QED) is 0.572. The maximum absolute atomic E-state index is 13.6. The second kappa shape index (κ2) is 9.98. The molecule has 1 rings (SSSR count). The molecule has 5 nitrogen and oxygen atoms in total. The molecule has 7 heteroatoms. The minimum atomic E-state index is -2.96. The molecule has 1 aromatic rings. The molecule has 158 valence electrons. The maximum atomic E-state index is 13.6. The lowest BCUT2D eigenvalue weighted by Gasteiger charge is -2.40. The van der Waals surface area contributed by atoms with Crippen LogP contribution in [0.2, 0.25) is 0 Å². The number of carbonyl (C=O) groups is 2. The van der Waals surface area contributed by atoms with Crippen LogP contribution in [-0.4, -0.2) is 33.6 Å². The summed E-state index contributed by atoms with van der Waals surface area (Å²) < 4.78 is 19.6. The molecule has 0 aromatic heterocycles. The average molecular weight is 428 g/mol. The topological polar surface area (TPSA) is 72.5 Å². The number of hydrogen-bond acceptors (Lipinski definition) is 5. The molecule has 0 fully saturated rings. The minimum Gasteiger partial charge on any atom is -0.442 e. The van der Waals surface area contributed by atoms with Crippen LogP contribution >= 0.6 is 19.1 Å². The molecule has 0 spiro atoms. The Morgan fingerprint density at radius 3 is 2.04 bits per heavy atom. The van der Waals surface area contributed by atoms with Crippen molar-refractivity contribution in [3.05, 3.63) is 29.8 Å². The van der Waals surface area contributed by atoms with Crippen LogP contribution in [0.5, 0.6) is 5.75 Å². The van der Waals surface area contributed by atoms with Gasteiger partial charge in [-0.05, 0) is 24.1 Å². The summed E-state index contributed by atoms with van der Waals surface area (Å²) in [6.45, 7) is 13.7. The summed E-state index contributed by atoms with van der Waals surface area (Å²) in [5, 5.41) is 1.96. The van der Waals surface area contributed by atoms with Gasteiger partial charge in [-0.25, -0.2) is 0 Å². The van der Waals surface area contributed by atoms with Gasteiger partial charge in [0, 0.05) is 36.0 Å². The highest BCUT2D eigenvalue weighted by Crippen LogP contribution is 2.66. The van der Waals surface area contributed by atoms with Crippen LogP contribution in [-0.2, 0) is 20.6 Å². The van der Waals surface area contributed by atoms with E-state index >= 15 is 0 Å². The second-order valence-corrected chi connectivity index (χ2v) is 14.1. The van der Waals surface area contributed by atoms with Crippen molar-refractivity contribution >= 4 is 30.2 Å². The van der Waals surface area contributed by atoms with Crippen molar-refractivity contribution < 1.29 is 18.7 Å². The zero-order valence-electron chi connectivity index (χ0n) is 18.1. The molecule has 0 unspecified atom stereocenters. The van der Waals surface area contributed by atoms with Crippen molar-refractivity contribution in [2.45, 2.75) is 71.6 Å². The Hall–Kier alpha value is -1.26. The molecule has 0 saturated heterocycles. The van der Waals surface area contributed by atoms with Crippen molar-refractivity contribution in [1.29, 1.82) is 0 Å². The molecule has 0 saturated carbocycles. The first-order valence-corrected chi connectivity index (χ1v) is 12.2. The Morgan fingerprint density at radius 2 is 1.57 bits per heavy atom. The Balaban J connectivity index is 2.61. The number of hydrogen-bond donors (Lipinski definition) is 1. The summed E-state index contributed by atoms with van der Waals surface area (Å²) in [6, 6.07) is 7.54. The van der Waals surface area contributed by atoms with Crippen LogP contribution in [0.25, 0.3) is 0 Å². The third-order valence-corrected chi connectivity index (χ3v) is 9.11. The van der Waals surface area contributed by atoms with Crippen molar-refractivity contribution in [2.24, 2.45) is 0 Å². The van der Waals surface area contributed by atoms with E-state index in [1.165, 1.54) is 6.92 Å². The summed E-state index contributed by atoms with van der Waals surface area (Å²) in [6.07, 6.45) is 1.04. The fourth-order valence-corrected chi connectivity index (χ4v) is 6.42. The van der Waals surface area contributed by atoms with Gasteiger partial charge in [-0.15, -0.1) is 0 Å². The molecule has 0 heterocycles. The lowest BCUT2D eigenvalue weighted by Crippen LogP contribution is -2.31. The van der Waals surface area contributed by atoms with Crippen LogP contribution in [0.1, 0.15) is 60.5 Å². The highest BCUT2D eigenvalue weighted by Gasteiger charge is 2.48. The Morgan fingerprint density at radius 1 is 1.04 bits per heavy atom. The molecule has 1 amide bonds. The predicted octanol–water partition coefficient (Wildman–Crippen LogP) is 5.27. The Kier molecular flexibility index (Phi) is 8.83. The van der Waals surface area contributed by atoms with Gasteiger partial charge in [0.1, 0.15) is 5.75 Å². The monoisotopic (exact) mass is 427 g/mol. The number of nitrogens with one attached hydrogen (secondary N) is 1. The fraction of sp³-hybridized carbons (Fsp3) is 0.619. The van der Waals surface area contributed by atoms with E-state index in [2.05, 4.69) is 5.32 Å². The van der Waals surface area contributed by atoms with Gasteiger partial charge in [-0.3, -0.25) is 14.2 Å². The van der Waals surface area contributed by atoms with E-state index in [0.717, 1.165) is 17.3 Å². The Labute approximate surface area is 173 Å². The standard InChI is InChI=1S/C21H34NO4PS/c1-16(23)28-15-13-19(24)22-14-12-17-8-10-18(11-9-17)26-27(25,20(2,3)4)21(5,6)7/h8-11H,12-15H2,1-7H3,(H,22,24). The Bertz CT molecular complexity index is 699. The number of thioether (sulfide) groups is 1. The van der Waals surface area contributed by atoms with Gasteiger partial charge in [0.15, 0.2) is 5.12 Å². The van der Waals surface area contributed by atoms with Gasteiger partial charge in [0.2, 0.25) is 5.91 Å². The van der Waals surface area contributed by atoms with E-state index in [4.69, 9.17) is 4.52 Å². The molecule has 0 bridgehead atoms. The van der Waals surface area contributed by atoms with Gasteiger partial charge in [-0.2, -0.15) is 0 Å². The van der Waals surface area contributed by atoms with Crippen molar-refractivity contribution in [1.82, 2.24) is 5.32 Å². The van der Waals surface area contributed by atoms with Crippen LogP contribution in [0.15, 0.2) is 24.3 Å². The summed E-state index contributed by atoms with van der Waals surface area (Å²) >= 11 is 1.16. The largest absolute Gasteiger partial charge is 0.442 e. The average Bonchev–Trinajstić information content (AvgIpc) is 2.54. The number of rotatable bonds is 8. The second-order valence-electron chi connectivity index (χ2n) is 8.82. The van der Waals surface area contributed by atoms with Gasteiger partial charge in [0.05, 0.1) is 0 Å². The summed E-state index contributed by atoms with van der Waals surface area (Å²) in [5.74, 6) is 1.06. The third-order valence-electron chi connectivity index (χ3n) is 4.29. The SMILES string of the molecule is CC(=O)SCCC(=O)NCCc1ccc(OP(=O)(C(C)(C)C)C(C)(C)C)cc1. The normalized spacial score (nSPS) is 12.5. The van der Waals surface area contributed by atoms with Gasteiger partial charge >= 0.3 is 0 Å². The first kappa shape index (κ1) is 24.8. The fourth-order valence-electron chi connectivity index (χ4n) is 2.87. The number of carbonyl (C=O) groups excluding carboxylic acids is 2. The molecule has 0 aliphatic heterocycles. The van der Waals surface area contributed by atoms with Crippen molar-refractivity contribution in [3.8, 4) is 5.75 Å². The van der Waals surface area contributed by atoms with Crippen LogP contribution in [0, 0.1) is 0 Å². The molecule has 0 aliphatic rings. The minimum absolute atomic E-state index is 0.0255. The van der Waals surface area contributed by atoms with Crippen LogP contribution in [0.4, 0.5) is 0 Å². The van der Waals surface area contributed by atoms with Crippen LogP contribution < -0.4 is 9.84 Å². The summed E-state index contributed by atoms with van der Waals surface area (Å²) in [5.41, 5.74) is 1.06. The number of benzene rings is 1. The zero-order valence-corrected chi connectivity index (χ0v) is 19.8. The van der Waals surface area contributed by atoms with E-state index in [1.54, 1.807) is 0 Å². The smallest absolute Gasteiger partial charge is 0.258 e. The van der Waals surface area contributed by atoms with Crippen LogP contribution in [0.3, 0.4) is 0 Å². The third kappa shape index (κ3) is 7.29. The predicted molar refractivity (Wildman–Crippen MR) is 119 cm³/mol. The van der Waals surface area contributed by atoms with E-state index in [0.29, 0.717) is 30.9 Å². The van der Waals surface area contributed by atoms with Crippen molar-refractivity contribution in [2.75, 3.05) is 12.3 Å². The molecular weight excluding hydrogens is 393 g/mol. The molecule has 28 heavy (non-hydrogen) atoms. The van der Waals surface area contributed by atoms with E-state index in [9.17, 15) is 14.2 Å². The van der Waals surface area contributed by atoms with E-state index < -0.39 is 17.7 Å². The van der Waals surface area contributed by atoms with Gasteiger partial charge in [-0.1, -0.05) is 65.4 Å². The molecule has 1 N–H and O–H groups in total. The maximum Gasteiger partial charge on any atom is 0.258 e. The summed E-state index contributed by atoms with van der Waals surface area (Å²) in [4.78, 5) is 22.6. The highest BCUT2D eigenvalue weighted by atomic mass is 32.2. The van der Waals surface area contributed by atoms with E-state index in [1.807, 2.05) is 65.8 Å².